The van der Waals surface area contributed by atoms with Crippen molar-refractivity contribution in [3.05, 3.63) is 53.2 Å². The summed E-state index contributed by atoms with van der Waals surface area (Å²) in [6.45, 7) is 10.7. The molecule has 1 aromatic heterocycles. The zero-order valence-corrected chi connectivity index (χ0v) is 18.7. The van der Waals surface area contributed by atoms with Gasteiger partial charge < -0.3 is 19.5 Å². The van der Waals surface area contributed by atoms with E-state index in [0.717, 1.165) is 27.9 Å². The molecule has 0 saturated heterocycles. The third-order valence-electron chi connectivity index (χ3n) is 4.60. The summed E-state index contributed by atoms with van der Waals surface area (Å²) in [6.07, 6.45) is 0. The van der Waals surface area contributed by atoms with E-state index in [9.17, 15) is 4.79 Å². The van der Waals surface area contributed by atoms with Crippen LogP contribution in [0.5, 0.6) is 17.2 Å². The first-order chi connectivity index (χ1) is 14.9. The first kappa shape index (κ1) is 22.2. The van der Waals surface area contributed by atoms with Crippen molar-refractivity contribution in [1.82, 2.24) is 10.2 Å². The van der Waals surface area contributed by atoms with Crippen LogP contribution >= 0.6 is 0 Å². The van der Waals surface area contributed by atoms with Crippen LogP contribution in [0.4, 0.5) is 5.82 Å². The van der Waals surface area contributed by atoms with Crippen molar-refractivity contribution in [2.24, 2.45) is 0 Å². The van der Waals surface area contributed by atoms with E-state index >= 15 is 0 Å². The van der Waals surface area contributed by atoms with Crippen LogP contribution in [0.25, 0.3) is 11.1 Å². The van der Waals surface area contributed by atoms with Crippen molar-refractivity contribution in [2.75, 3.05) is 25.1 Å². The Morgan fingerprint density at radius 1 is 0.935 bits per heavy atom. The Morgan fingerprint density at radius 2 is 1.61 bits per heavy atom. The minimum absolute atomic E-state index is 0.109. The van der Waals surface area contributed by atoms with Crippen LogP contribution in [0.1, 0.15) is 30.7 Å². The summed E-state index contributed by atoms with van der Waals surface area (Å²) in [5.74, 6) is 2.15. The zero-order valence-electron chi connectivity index (χ0n) is 18.7. The van der Waals surface area contributed by atoms with E-state index < -0.39 is 0 Å². The van der Waals surface area contributed by atoms with E-state index in [-0.39, 0.29) is 12.5 Å². The number of nitrogens with one attached hydrogen (secondary N) is 2. The number of carbonyl (C=O) groups excluding carboxylic acids is 1. The Labute approximate surface area is 182 Å². The molecular formula is C24H29N3O4. The molecule has 31 heavy (non-hydrogen) atoms. The molecule has 2 aromatic carbocycles. The average Bonchev–Trinajstić information content (AvgIpc) is 3.07. The maximum Gasteiger partial charge on any atom is 0.263 e. The number of nitrogens with zero attached hydrogens (tertiary/aromatic N) is 1. The van der Waals surface area contributed by atoms with Gasteiger partial charge >= 0.3 is 0 Å². The third kappa shape index (κ3) is 5.57. The Hall–Kier alpha value is -3.48. The van der Waals surface area contributed by atoms with Crippen LogP contribution in [0.3, 0.4) is 0 Å². The van der Waals surface area contributed by atoms with E-state index in [1.165, 1.54) is 0 Å². The highest BCUT2D eigenvalue weighted by atomic mass is 16.5. The first-order valence-corrected chi connectivity index (χ1v) is 10.4. The van der Waals surface area contributed by atoms with Gasteiger partial charge in [-0.15, -0.1) is 0 Å². The molecule has 164 valence electrons. The van der Waals surface area contributed by atoms with Gasteiger partial charge in [-0.1, -0.05) is 12.1 Å². The molecule has 0 radical (unpaired) electrons. The molecule has 1 amide bonds. The summed E-state index contributed by atoms with van der Waals surface area (Å²) in [5, 5.41) is 10.1. The van der Waals surface area contributed by atoms with Gasteiger partial charge in [-0.05, 0) is 75.6 Å². The van der Waals surface area contributed by atoms with E-state index in [0.29, 0.717) is 36.3 Å². The predicted octanol–water partition coefficient (Wildman–Crippen LogP) is 4.82. The van der Waals surface area contributed by atoms with Crippen LogP contribution < -0.4 is 19.5 Å². The summed E-state index contributed by atoms with van der Waals surface area (Å²) in [7, 11) is 0. The normalized spacial score (nSPS) is 10.6. The fraction of sp³-hybridized carbons (Fsp3) is 0.333. The second-order valence-electron chi connectivity index (χ2n) is 7.26. The standard InChI is InChI=1S/C24H29N3O4/c1-6-29-20-9-8-18(13-21(20)30-7-2)23-17(5)26-27-24(23)25-22(28)14-31-19-11-15(3)10-16(4)12-19/h8-13H,6-7,14H2,1-5H3,(H2,25,26,27,28). The van der Waals surface area contributed by atoms with Gasteiger partial charge in [0.25, 0.3) is 5.91 Å². The van der Waals surface area contributed by atoms with Crippen molar-refractivity contribution in [3.8, 4) is 28.4 Å². The number of aromatic nitrogens is 2. The Morgan fingerprint density at radius 3 is 2.29 bits per heavy atom. The summed E-state index contributed by atoms with van der Waals surface area (Å²) >= 11 is 0. The van der Waals surface area contributed by atoms with Gasteiger partial charge in [-0.2, -0.15) is 5.10 Å². The number of aromatic amines is 1. The molecular weight excluding hydrogens is 394 g/mol. The molecule has 7 nitrogen and oxygen atoms in total. The molecule has 0 atom stereocenters. The Balaban J connectivity index is 1.77. The number of hydrogen-bond acceptors (Lipinski definition) is 5. The number of anilines is 1. The number of hydrogen-bond donors (Lipinski definition) is 2. The number of H-pyrrole nitrogens is 1. The summed E-state index contributed by atoms with van der Waals surface area (Å²) in [5.41, 5.74) is 4.66. The highest BCUT2D eigenvalue weighted by Crippen LogP contribution is 2.36. The molecule has 7 heteroatoms. The smallest absolute Gasteiger partial charge is 0.263 e. The molecule has 3 aromatic rings. The average molecular weight is 424 g/mol. The lowest BCUT2D eigenvalue weighted by atomic mass is 10.0. The van der Waals surface area contributed by atoms with Crippen molar-refractivity contribution in [3.63, 3.8) is 0 Å². The number of benzene rings is 2. The molecule has 0 saturated carbocycles. The maximum absolute atomic E-state index is 12.5. The van der Waals surface area contributed by atoms with Gasteiger partial charge in [-0.3, -0.25) is 9.89 Å². The van der Waals surface area contributed by atoms with E-state index in [1.54, 1.807) is 0 Å². The van der Waals surface area contributed by atoms with Gasteiger partial charge in [0.15, 0.2) is 23.9 Å². The van der Waals surface area contributed by atoms with Crippen LogP contribution in [-0.2, 0) is 4.79 Å². The third-order valence-corrected chi connectivity index (χ3v) is 4.60. The second-order valence-corrected chi connectivity index (χ2v) is 7.26. The van der Waals surface area contributed by atoms with Crippen molar-refractivity contribution >= 4 is 11.7 Å². The van der Waals surface area contributed by atoms with E-state index in [2.05, 4.69) is 21.6 Å². The second kappa shape index (κ2) is 10.0. The SMILES string of the molecule is CCOc1ccc(-c2c(NC(=O)COc3cc(C)cc(C)c3)n[nH]c2C)cc1OCC. The quantitative estimate of drug-likeness (QED) is 0.516. The summed E-state index contributed by atoms with van der Waals surface area (Å²) in [6, 6.07) is 11.5. The van der Waals surface area contributed by atoms with Crippen molar-refractivity contribution in [1.29, 1.82) is 0 Å². The topological polar surface area (TPSA) is 85.5 Å². The molecule has 0 aliphatic carbocycles. The van der Waals surface area contributed by atoms with Crippen molar-refractivity contribution in [2.45, 2.75) is 34.6 Å². The highest BCUT2D eigenvalue weighted by Gasteiger charge is 2.17. The van der Waals surface area contributed by atoms with Gasteiger partial charge in [0, 0.05) is 11.3 Å². The molecule has 0 bridgehead atoms. The van der Waals surface area contributed by atoms with Crippen LogP contribution in [0, 0.1) is 20.8 Å². The Kier molecular flexibility index (Phi) is 7.18. The number of carbonyl (C=O) groups is 1. The molecule has 0 aliphatic rings. The van der Waals surface area contributed by atoms with Gasteiger partial charge in [-0.25, -0.2) is 0 Å². The van der Waals surface area contributed by atoms with Gasteiger partial charge in [0.1, 0.15) is 5.75 Å². The zero-order chi connectivity index (χ0) is 22.4. The molecule has 0 aliphatic heterocycles. The highest BCUT2D eigenvalue weighted by molar-refractivity contribution is 5.95. The van der Waals surface area contributed by atoms with Crippen LogP contribution in [0.2, 0.25) is 0 Å². The molecule has 0 fully saturated rings. The minimum Gasteiger partial charge on any atom is -0.490 e. The predicted molar refractivity (Wildman–Crippen MR) is 121 cm³/mol. The van der Waals surface area contributed by atoms with Gasteiger partial charge in [0.05, 0.1) is 13.2 Å². The number of rotatable bonds is 9. The van der Waals surface area contributed by atoms with E-state index in [4.69, 9.17) is 14.2 Å². The lowest BCUT2D eigenvalue weighted by Crippen LogP contribution is -2.20. The van der Waals surface area contributed by atoms with Gasteiger partial charge in [0.2, 0.25) is 0 Å². The molecule has 1 heterocycles. The number of ether oxygens (including phenoxy) is 3. The largest absolute Gasteiger partial charge is 0.490 e. The lowest BCUT2D eigenvalue weighted by Gasteiger charge is -2.13. The van der Waals surface area contributed by atoms with Crippen LogP contribution in [-0.4, -0.2) is 35.9 Å². The molecule has 0 unspecified atom stereocenters. The fourth-order valence-electron chi connectivity index (χ4n) is 3.41. The molecule has 2 N–H and O–H groups in total. The minimum atomic E-state index is -0.289. The maximum atomic E-state index is 12.5. The van der Waals surface area contributed by atoms with Crippen LogP contribution in [0.15, 0.2) is 36.4 Å². The molecule has 3 rings (SSSR count). The number of amides is 1. The Bertz CT molecular complexity index is 1040. The fourth-order valence-corrected chi connectivity index (χ4v) is 3.41. The summed E-state index contributed by atoms with van der Waals surface area (Å²) < 4.78 is 17.0. The monoisotopic (exact) mass is 423 g/mol. The van der Waals surface area contributed by atoms with E-state index in [1.807, 2.05) is 65.0 Å². The summed E-state index contributed by atoms with van der Waals surface area (Å²) in [4.78, 5) is 12.5. The lowest BCUT2D eigenvalue weighted by molar-refractivity contribution is -0.118. The first-order valence-electron chi connectivity index (χ1n) is 10.4. The van der Waals surface area contributed by atoms with Crippen molar-refractivity contribution < 1.29 is 19.0 Å². The molecule has 0 spiro atoms. The number of aryl methyl sites for hydroxylation is 3.